The Morgan fingerprint density at radius 2 is 0.935 bits per heavy atom. The Hall–Kier alpha value is -2.25. The van der Waals surface area contributed by atoms with Crippen LogP contribution in [0.5, 0.6) is 0 Å². The van der Waals surface area contributed by atoms with Crippen molar-refractivity contribution in [3.05, 3.63) is 11.5 Å². The molecule has 0 bridgehead atoms. The summed E-state index contributed by atoms with van der Waals surface area (Å²) >= 11 is 0. The SMILES string of the molecule is CCCCCCCCCCCCCCCC(=O)OC[C@H](OC(=O)CCCCCCCCCCCCCCC)[C@H]1OC(=O)C(O)=C1O. The molecule has 1 aliphatic heterocycles. The first-order chi connectivity index (χ1) is 22.4. The molecule has 1 rings (SSSR count). The van der Waals surface area contributed by atoms with Crippen molar-refractivity contribution in [2.75, 3.05) is 6.61 Å². The summed E-state index contributed by atoms with van der Waals surface area (Å²) < 4.78 is 15.8. The predicted molar refractivity (Wildman–Crippen MR) is 184 cm³/mol. The molecule has 8 nitrogen and oxygen atoms in total. The molecule has 0 unspecified atom stereocenters. The highest BCUT2D eigenvalue weighted by Crippen LogP contribution is 2.24. The monoisotopic (exact) mass is 652 g/mol. The second kappa shape index (κ2) is 28.9. The van der Waals surface area contributed by atoms with Crippen LogP contribution in [-0.2, 0) is 28.6 Å². The fourth-order valence-electron chi connectivity index (χ4n) is 5.95. The van der Waals surface area contributed by atoms with E-state index in [0.29, 0.717) is 12.8 Å². The molecular weight excluding hydrogens is 584 g/mol. The van der Waals surface area contributed by atoms with Gasteiger partial charge in [0.15, 0.2) is 11.9 Å². The topological polar surface area (TPSA) is 119 Å². The van der Waals surface area contributed by atoms with E-state index in [1.165, 1.54) is 122 Å². The summed E-state index contributed by atoms with van der Waals surface area (Å²) in [5, 5.41) is 19.9. The van der Waals surface area contributed by atoms with Crippen molar-refractivity contribution >= 4 is 17.9 Å². The summed E-state index contributed by atoms with van der Waals surface area (Å²) in [6, 6.07) is 0. The quantitative estimate of drug-likeness (QED) is 0.0418. The highest BCUT2D eigenvalue weighted by Gasteiger charge is 2.42. The van der Waals surface area contributed by atoms with Crippen LogP contribution in [0.25, 0.3) is 0 Å². The Morgan fingerprint density at radius 1 is 0.587 bits per heavy atom. The first kappa shape index (κ1) is 41.8. The minimum atomic E-state index is -1.40. The molecule has 268 valence electrons. The van der Waals surface area contributed by atoms with E-state index in [4.69, 9.17) is 14.2 Å². The molecule has 0 amide bonds. The zero-order valence-electron chi connectivity index (χ0n) is 29.5. The van der Waals surface area contributed by atoms with Crippen LogP contribution in [0.3, 0.4) is 0 Å². The van der Waals surface area contributed by atoms with Gasteiger partial charge in [-0.25, -0.2) is 4.79 Å². The maximum absolute atomic E-state index is 12.6. The van der Waals surface area contributed by atoms with Gasteiger partial charge in [-0.15, -0.1) is 0 Å². The number of aliphatic hydroxyl groups is 2. The van der Waals surface area contributed by atoms with Gasteiger partial charge in [-0.05, 0) is 12.8 Å². The van der Waals surface area contributed by atoms with Gasteiger partial charge in [-0.1, -0.05) is 168 Å². The van der Waals surface area contributed by atoms with Gasteiger partial charge >= 0.3 is 17.9 Å². The second-order valence-electron chi connectivity index (χ2n) is 13.3. The molecule has 0 aromatic rings. The maximum atomic E-state index is 12.6. The van der Waals surface area contributed by atoms with Crippen molar-refractivity contribution in [1.82, 2.24) is 0 Å². The highest BCUT2D eigenvalue weighted by molar-refractivity contribution is 5.89. The third-order valence-electron chi connectivity index (χ3n) is 8.94. The van der Waals surface area contributed by atoms with Gasteiger partial charge in [0, 0.05) is 12.8 Å². The van der Waals surface area contributed by atoms with E-state index in [2.05, 4.69) is 13.8 Å². The van der Waals surface area contributed by atoms with E-state index in [9.17, 15) is 24.6 Å². The van der Waals surface area contributed by atoms with Gasteiger partial charge in [-0.2, -0.15) is 0 Å². The lowest BCUT2D eigenvalue weighted by atomic mass is 10.0. The number of carbonyl (C=O) groups excluding carboxylic acids is 3. The summed E-state index contributed by atoms with van der Waals surface area (Å²) in [5.74, 6) is -3.68. The van der Waals surface area contributed by atoms with E-state index in [1.54, 1.807) is 0 Å². The molecule has 0 saturated carbocycles. The van der Waals surface area contributed by atoms with Crippen LogP contribution in [0.2, 0.25) is 0 Å². The summed E-state index contributed by atoms with van der Waals surface area (Å²) in [6.07, 6.45) is 29.1. The predicted octanol–water partition coefficient (Wildman–Crippen LogP) is 10.7. The molecule has 8 heteroatoms. The van der Waals surface area contributed by atoms with Crippen LogP contribution in [0.1, 0.15) is 194 Å². The van der Waals surface area contributed by atoms with E-state index in [1.807, 2.05) is 0 Å². The fraction of sp³-hybridized carbons (Fsp3) is 0.868. The molecule has 46 heavy (non-hydrogen) atoms. The van der Waals surface area contributed by atoms with Crippen molar-refractivity contribution in [2.45, 2.75) is 206 Å². The fourth-order valence-corrected chi connectivity index (χ4v) is 5.95. The third-order valence-corrected chi connectivity index (χ3v) is 8.94. The lowest BCUT2D eigenvalue weighted by molar-refractivity contribution is -0.171. The molecule has 0 fully saturated rings. The van der Waals surface area contributed by atoms with Gasteiger partial charge < -0.3 is 24.4 Å². The molecule has 0 saturated heterocycles. The van der Waals surface area contributed by atoms with Gasteiger partial charge in [0.05, 0.1) is 0 Å². The second-order valence-corrected chi connectivity index (χ2v) is 13.3. The molecule has 0 radical (unpaired) electrons. The summed E-state index contributed by atoms with van der Waals surface area (Å²) in [5.41, 5.74) is 0. The zero-order chi connectivity index (χ0) is 33.7. The smallest absolute Gasteiger partial charge is 0.378 e. The molecular formula is C38H68O8. The number of carbonyl (C=O) groups is 3. The summed E-state index contributed by atoms with van der Waals surface area (Å²) in [6.45, 7) is 4.12. The molecule has 0 aromatic heterocycles. The van der Waals surface area contributed by atoms with Crippen molar-refractivity contribution in [2.24, 2.45) is 0 Å². The zero-order valence-corrected chi connectivity index (χ0v) is 29.5. The Bertz CT molecular complexity index is 824. The van der Waals surface area contributed by atoms with Crippen LogP contribution in [0.15, 0.2) is 11.5 Å². The number of ether oxygens (including phenoxy) is 3. The molecule has 1 aliphatic rings. The van der Waals surface area contributed by atoms with Crippen molar-refractivity contribution < 1.29 is 38.8 Å². The minimum Gasteiger partial charge on any atom is -0.505 e. The lowest BCUT2D eigenvalue weighted by Crippen LogP contribution is -2.38. The summed E-state index contributed by atoms with van der Waals surface area (Å²) in [7, 11) is 0. The van der Waals surface area contributed by atoms with E-state index in [-0.39, 0.29) is 19.4 Å². The van der Waals surface area contributed by atoms with Crippen LogP contribution in [0.4, 0.5) is 0 Å². The number of cyclic esters (lactones) is 1. The van der Waals surface area contributed by atoms with E-state index < -0.39 is 41.6 Å². The Kier molecular flexibility index (Phi) is 26.3. The van der Waals surface area contributed by atoms with Crippen molar-refractivity contribution in [1.29, 1.82) is 0 Å². The lowest BCUT2D eigenvalue weighted by Gasteiger charge is -2.22. The van der Waals surface area contributed by atoms with Crippen LogP contribution >= 0.6 is 0 Å². The van der Waals surface area contributed by atoms with Gasteiger partial charge in [0.2, 0.25) is 11.9 Å². The largest absolute Gasteiger partial charge is 0.505 e. The minimum absolute atomic E-state index is 0.179. The molecule has 1 heterocycles. The Balaban J connectivity index is 2.22. The van der Waals surface area contributed by atoms with Gasteiger partial charge in [-0.3, -0.25) is 9.59 Å². The number of esters is 3. The maximum Gasteiger partial charge on any atom is 0.378 e. The normalized spacial score (nSPS) is 15.3. The Labute approximate surface area is 280 Å². The average Bonchev–Trinajstić information content (AvgIpc) is 3.30. The van der Waals surface area contributed by atoms with E-state index in [0.717, 1.165) is 32.1 Å². The first-order valence-corrected chi connectivity index (χ1v) is 19.1. The van der Waals surface area contributed by atoms with Crippen molar-refractivity contribution in [3.63, 3.8) is 0 Å². The summed E-state index contributed by atoms with van der Waals surface area (Å²) in [4.78, 5) is 36.7. The Morgan fingerprint density at radius 3 is 1.28 bits per heavy atom. The number of aliphatic hydroxyl groups excluding tert-OH is 2. The number of rotatable bonds is 32. The average molecular weight is 653 g/mol. The first-order valence-electron chi connectivity index (χ1n) is 19.1. The van der Waals surface area contributed by atoms with Crippen LogP contribution in [0, 0.1) is 0 Å². The van der Waals surface area contributed by atoms with Gasteiger partial charge in [0.25, 0.3) is 0 Å². The standard InChI is InChI=1S/C38H68O8/c1-3-5-7-9-11-13-15-17-19-21-23-25-27-29-33(39)44-31-32(37-35(41)36(42)38(43)46-37)45-34(40)30-28-26-24-22-20-18-16-14-12-10-8-6-4-2/h32,37,41-42H,3-31H2,1-2H3/t32-,37+/m0/s1. The van der Waals surface area contributed by atoms with Crippen LogP contribution in [-0.4, -0.2) is 46.9 Å². The number of hydrogen-bond acceptors (Lipinski definition) is 8. The third kappa shape index (κ3) is 21.5. The molecule has 2 atom stereocenters. The highest BCUT2D eigenvalue weighted by atomic mass is 16.6. The van der Waals surface area contributed by atoms with Crippen LogP contribution < -0.4 is 0 Å². The molecule has 2 N–H and O–H groups in total. The molecule has 0 aliphatic carbocycles. The van der Waals surface area contributed by atoms with Crippen molar-refractivity contribution in [3.8, 4) is 0 Å². The number of unbranched alkanes of at least 4 members (excludes halogenated alkanes) is 24. The van der Waals surface area contributed by atoms with E-state index >= 15 is 0 Å². The molecule has 0 spiro atoms. The number of hydrogen-bond donors (Lipinski definition) is 2. The van der Waals surface area contributed by atoms with Gasteiger partial charge in [0.1, 0.15) is 6.61 Å². The molecule has 0 aromatic carbocycles.